The first kappa shape index (κ1) is 16.0. The Morgan fingerprint density at radius 3 is 2.45 bits per heavy atom. The number of rotatable bonds is 3. The zero-order chi connectivity index (χ0) is 15.7. The normalized spacial score (nSPS) is 29.1. The molecule has 0 saturated carbocycles. The molecule has 0 bridgehead atoms. The van der Waals surface area contributed by atoms with Crippen LogP contribution in [0.5, 0.6) is 0 Å². The second-order valence-electron chi connectivity index (χ2n) is 6.88. The molecular formula is C17H28N2O3. The third-order valence-corrected chi connectivity index (χ3v) is 5.20. The molecule has 2 aliphatic heterocycles. The molecule has 0 aromatic carbocycles. The minimum absolute atomic E-state index is 0.154. The van der Waals surface area contributed by atoms with Gasteiger partial charge in [-0.25, -0.2) is 0 Å². The fraction of sp³-hybridized carbons (Fsp3) is 0.765. The van der Waals surface area contributed by atoms with Gasteiger partial charge in [-0.2, -0.15) is 0 Å². The lowest BCUT2D eigenvalue weighted by atomic mass is 9.96. The van der Waals surface area contributed by atoms with Gasteiger partial charge in [0.15, 0.2) is 0 Å². The van der Waals surface area contributed by atoms with Crippen molar-refractivity contribution in [3.05, 3.63) is 23.2 Å². The van der Waals surface area contributed by atoms with E-state index in [-0.39, 0.29) is 18.2 Å². The third kappa shape index (κ3) is 3.54. The van der Waals surface area contributed by atoms with E-state index in [0.717, 1.165) is 57.0 Å². The molecule has 1 aromatic rings. The van der Waals surface area contributed by atoms with Gasteiger partial charge in [-0.15, -0.1) is 0 Å². The first-order chi connectivity index (χ1) is 10.5. The number of furan rings is 1. The van der Waals surface area contributed by atoms with Crippen LogP contribution >= 0.6 is 0 Å². The highest BCUT2D eigenvalue weighted by Gasteiger charge is 2.33. The maximum absolute atomic E-state index is 10.5. The number of aryl methyl sites for hydroxylation is 2. The Balaban J connectivity index is 1.53. The van der Waals surface area contributed by atoms with Crippen LogP contribution in [0.1, 0.15) is 36.3 Å². The lowest BCUT2D eigenvalue weighted by Crippen LogP contribution is -2.55. The highest BCUT2D eigenvalue weighted by atomic mass is 16.3. The number of hydrogen-bond donors (Lipinski definition) is 2. The average molecular weight is 308 g/mol. The van der Waals surface area contributed by atoms with E-state index >= 15 is 0 Å². The van der Waals surface area contributed by atoms with Gasteiger partial charge >= 0.3 is 0 Å². The summed E-state index contributed by atoms with van der Waals surface area (Å²) in [7, 11) is 0. The van der Waals surface area contributed by atoms with Gasteiger partial charge in [0.2, 0.25) is 0 Å². The first-order valence-electron chi connectivity index (χ1n) is 8.41. The Hall–Kier alpha value is -0.880. The van der Waals surface area contributed by atoms with Crippen molar-refractivity contribution >= 4 is 0 Å². The summed E-state index contributed by atoms with van der Waals surface area (Å²) in [6, 6.07) is 2.34. The van der Waals surface area contributed by atoms with Crippen LogP contribution in [-0.2, 0) is 6.54 Å². The van der Waals surface area contributed by atoms with Gasteiger partial charge in [0, 0.05) is 32.2 Å². The molecule has 2 fully saturated rings. The van der Waals surface area contributed by atoms with Crippen molar-refractivity contribution in [2.24, 2.45) is 0 Å². The fourth-order valence-corrected chi connectivity index (χ4v) is 3.72. The standard InChI is InChI=1S/C17H28N2O3/c1-12-9-15(22-13(12)2)10-18-6-5-16(17(21)11-18)19-7-3-14(20)4-8-19/h9,14,16-17,20-21H,3-8,10-11H2,1-2H3/t16-,17-/m1/s1. The summed E-state index contributed by atoms with van der Waals surface area (Å²) in [6.07, 6.45) is 2.17. The van der Waals surface area contributed by atoms with Gasteiger partial charge < -0.3 is 14.6 Å². The van der Waals surface area contributed by atoms with Gasteiger partial charge in [-0.05, 0) is 44.7 Å². The van der Waals surface area contributed by atoms with E-state index in [4.69, 9.17) is 4.42 Å². The molecule has 3 rings (SSSR count). The number of nitrogens with zero attached hydrogens (tertiary/aromatic N) is 2. The van der Waals surface area contributed by atoms with E-state index in [2.05, 4.69) is 22.8 Å². The second kappa shape index (κ2) is 6.71. The molecular weight excluding hydrogens is 280 g/mol. The molecule has 5 heteroatoms. The molecule has 3 heterocycles. The van der Waals surface area contributed by atoms with E-state index in [1.807, 2.05) is 6.92 Å². The minimum atomic E-state index is -0.318. The number of piperidine rings is 2. The topological polar surface area (TPSA) is 60.1 Å². The number of aliphatic hydroxyl groups excluding tert-OH is 2. The van der Waals surface area contributed by atoms with E-state index in [9.17, 15) is 10.2 Å². The summed E-state index contributed by atoms with van der Waals surface area (Å²) in [6.45, 7) is 8.32. The monoisotopic (exact) mass is 308 g/mol. The van der Waals surface area contributed by atoms with Crippen LogP contribution in [0.4, 0.5) is 0 Å². The number of β-amino-alcohol motifs (C(OH)–C–C–N with tert-alkyl or cyclic N) is 1. The van der Waals surface area contributed by atoms with Crippen molar-refractivity contribution in [3.63, 3.8) is 0 Å². The Morgan fingerprint density at radius 2 is 1.86 bits per heavy atom. The molecule has 2 atom stereocenters. The Labute approximate surface area is 132 Å². The molecule has 0 spiro atoms. The van der Waals surface area contributed by atoms with Crippen LogP contribution in [0.25, 0.3) is 0 Å². The maximum atomic E-state index is 10.5. The van der Waals surface area contributed by atoms with Gasteiger partial charge in [0.1, 0.15) is 11.5 Å². The van der Waals surface area contributed by atoms with Crippen molar-refractivity contribution in [2.75, 3.05) is 26.2 Å². The summed E-state index contributed by atoms with van der Waals surface area (Å²) in [4.78, 5) is 4.63. The Morgan fingerprint density at radius 1 is 1.14 bits per heavy atom. The summed E-state index contributed by atoms with van der Waals surface area (Å²) in [5, 5.41) is 20.1. The van der Waals surface area contributed by atoms with Gasteiger partial charge in [-0.1, -0.05) is 0 Å². The average Bonchev–Trinajstić information content (AvgIpc) is 2.79. The maximum Gasteiger partial charge on any atom is 0.118 e. The second-order valence-corrected chi connectivity index (χ2v) is 6.88. The zero-order valence-electron chi connectivity index (χ0n) is 13.7. The highest BCUT2D eigenvalue weighted by molar-refractivity contribution is 5.18. The van der Waals surface area contributed by atoms with Crippen LogP contribution in [0, 0.1) is 13.8 Å². The summed E-state index contributed by atoms with van der Waals surface area (Å²) in [5.41, 5.74) is 1.19. The van der Waals surface area contributed by atoms with Gasteiger partial charge in [-0.3, -0.25) is 9.80 Å². The lowest BCUT2D eigenvalue weighted by Gasteiger charge is -2.43. The van der Waals surface area contributed by atoms with Crippen LogP contribution in [-0.4, -0.2) is 64.4 Å². The van der Waals surface area contributed by atoms with Crippen molar-refractivity contribution in [2.45, 2.75) is 57.9 Å². The first-order valence-corrected chi connectivity index (χ1v) is 8.41. The Bertz CT molecular complexity index is 475. The molecule has 5 nitrogen and oxygen atoms in total. The summed E-state index contributed by atoms with van der Waals surface area (Å²) in [5.74, 6) is 1.97. The number of likely N-dealkylation sites (tertiary alicyclic amines) is 2. The minimum Gasteiger partial charge on any atom is -0.465 e. The van der Waals surface area contributed by atoms with Crippen LogP contribution < -0.4 is 0 Å². The molecule has 0 aliphatic carbocycles. The van der Waals surface area contributed by atoms with E-state index in [1.54, 1.807) is 0 Å². The van der Waals surface area contributed by atoms with E-state index in [0.29, 0.717) is 6.54 Å². The smallest absolute Gasteiger partial charge is 0.118 e. The SMILES string of the molecule is Cc1cc(CN2CC[C@@H](N3CCC(O)CC3)[C@H](O)C2)oc1C. The molecule has 0 amide bonds. The summed E-state index contributed by atoms with van der Waals surface area (Å²) < 4.78 is 5.75. The van der Waals surface area contributed by atoms with Crippen molar-refractivity contribution in [1.29, 1.82) is 0 Å². The highest BCUT2D eigenvalue weighted by Crippen LogP contribution is 2.23. The van der Waals surface area contributed by atoms with Crippen molar-refractivity contribution in [1.82, 2.24) is 9.80 Å². The van der Waals surface area contributed by atoms with Crippen LogP contribution in [0.15, 0.2) is 10.5 Å². The molecule has 2 aliphatic rings. The van der Waals surface area contributed by atoms with Crippen molar-refractivity contribution < 1.29 is 14.6 Å². The number of hydrogen-bond acceptors (Lipinski definition) is 5. The molecule has 22 heavy (non-hydrogen) atoms. The quantitative estimate of drug-likeness (QED) is 0.881. The number of aliphatic hydroxyl groups is 2. The fourth-order valence-electron chi connectivity index (χ4n) is 3.72. The van der Waals surface area contributed by atoms with E-state index in [1.165, 1.54) is 5.56 Å². The van der Waals surface area contributed by atoms with Gasteiger partial charge in [0.25, 0.3) is 0 Å². The molecule has 124 valence electrons. The van der Waals surface area contributed by atoms with Crippen molar-refractivity contribution in [3.8, 4) is 0 Å². The van der Waals surface area contributed by atoms with E-state index < -0.39 is 0 Å². The predicted molar refractivity (Wildman–Crippen MR) is 84.7 cm³/mol. The molecule has 0 radical (unpaired) electrons. The summed E-state index contributed by atoms with van der Waals surface area (Å²) >= 11 is 0. The third-order valence-electron chi connectivity index (χ3n) is 5.20. The van der Waals surface area contributed by atoms with Crippen LogP contribution in [0.3, 0.4) is 0 Å². The largest absolute Gasteiger partial charge is 0.465 e. The van der Waals surface area contributed by atoms with Gasteiger partial charge in [0.05, 0.1) is 18.8 Å². The molecule has 2 N–H and O–H groups in total. The van der Waals surface area contributed by atoms with Crippen LogP contribution in [0.2, 0.25) is 0 Å². The molecule has 0 unspecified atom stereocenters. The lowest BCUT2D eigenvalue weighted by molar-refractivity contribution is -0.0366. The molecule has 2 saturated heterocycles. The predicted octanol–water partition coefficient (Wildman–Crippen LogP) is 1.29. The Kier molecular flexibility index (Phi) is 4.88. The molecule has 1 aromatic heterocycles. The zero-order valence-corrected chi connectivity index (χ0v) is 13.7.